The van der Waals surface area contributed by atoms with Crippen LogP contribution < -0.4 is 0 Å². The predicted octanol–water partition coefficient (Wildman–Crippen LogP) is 4.75. The van der Waals surface area contributed by atoms with Gasteiger partial charge >= 0.3 is 0 Å². The van der Waals surface area contributed by atoms with Crippen molar-refractivity contribution in [3.05, 3.63) is 11.4 Å². The summed E-state index contributed by atoms with van der Waals surface area (Å²) in [5.41, 5.74) is -5.20. The molecule has 1 aliphatic heterocycles. The largest absolute Gasteiger partial charge is 0.390 e. The van der Waals surface area contributed by atoms with Crippen LogP contribution in [0, 0.1) is 22.7 Å². The molecule has 0 spiro atoms. The maximum absolute atomic E-state index is 17.3. The number of alkyl halides is 1. The van der Waals surface area contributed by atoms with E-state index in [1.165, 1.54) is 0 Å². The van der Waals surface area contributed by atoms with E-state index in [-0.39, 0.29) is 61.6 Å². The van der Waals surface area contributed by atoms with Gasteiger partial charge in [0.25, 0.3) is 0 Å². The quantitative estimate of drug-likeness (QED) is 0.648. The van der Waals surface area contributed by atoms with Crippen molar-refractivity contribution in [1.29, 1.82) is 0 Å². The number of aliphatic hydroxyl groups is 1. The Balaban J connectivity index is 1.62. The van der Waals surface area contributed by atoms with Gasteiger partial charge in [-0.05, 0) is 37.2 Å². The van der Waals surface area contributed by atoms with Crippen molar-refractivity contribution >= 4 is 11.6 Å². The standard InChI is InChI=1S/C26H36F2O5/c1-5-7-22-32-21-12-15-16-11-18(27)17-10-14(29)8-9-23(17,3)25(16,28)20(31)13-24(15,4)26(21,33-22)19(30)6-2/h15-16,20-22,31H,5-13H2,1-4H3/t15?,16?,20?,21?,22?,23-,24-,25?,26+/m0/s1. The van der Waals surface area contributed by atoms with E-state index < -0.39 is 52.3 Å². The summed E-state index contributed by atoms with van der Waals surface area (Å²) in [4.78, 5) is 25.6. The number of allylic oxidation sites excluding steroid dienone is 2. The maximum atomic E-state index is 17.3. The van der Waals surface area contributed by atoms with Crippen LogP contribution >= 0.6 is 0 Å². The first kappa shape index (κ1) is 23.6. The third kappa shape index (κ3) is 2.68. The zero-order chi connectivity index (χ0) is 24.0. The fourth-order valence-electron chi connectivity index (χ4n) is 8.49. The molecule has 0 amide bonds. The molecule has 3 saturated carbocycles. The number of hydrogen-bond donors (Lipinski definition) is 1. The topological polar surface area (TPSA) is 72.8 Å². The Morgan fingerprint density at radius 2 is 1.97 bits per heavy atom. The van der Waals surface area contributed by atoms with Gasteiger partial charge in [0.15, 0.2) is 17.7 Å². The summed E-state index contributed by atoms with van der Waals surface area (Å²) in [6.07, 6.45) is -0.0860. The molecule has 0 bridgehead atoms. The van der Waals surface area contributed by atoms with E-state index >= 15 is 8.78 Å². The van der Waals surface area contributed by atoms with Crippen LogP contribution in [0.4, 0.5) is 8.78 Å². The van der Waals surface area contributed by atoms with Crippen molar-refractivity contribution < 1.29 is 33.0 Å². The van der Waals surface area contributed by atoms with Gasteiger partial charge in [-0.15, -0.1) is 0 Å². The minimum atomic E-state index is -2.07. The minimum absolute atomic E-state index is 0.0492. The Morgan fingerprint density at radius 3 is 2.64 bits per heavy atom. The van der Waals surface area contributed by atoms with E-state index in [1.54, 1.807) is 13.8 Å². The lowest BCUT2D eigenvalue weighted by molar-refractivity contribution is -0.235. The van der Waals surface area contributed by atoms with Gasteiger partial charge in [0.05, 0.1) is 12.2 Å². The van der Waals surface area contributed by atoms with Crippen molar-refractivity contribution in [2.24, 2.45) is 22.7 Å². The third-order valence-corrected chi connectivity index (χ3v) is 10.1. The van der Waals surface area contributed by atoms with Gasteiger partial charge < -0.3 is 14.6 Å². The van der Waals surface area contributed by atoms with Gasteiger partial charge in [0.2, 0.25) is 0 Å². The van der Waals surface area contributed by atoms with Crippen LogP contribution in [-0.4, -0.2) is 46.4 Å². The highest BCUT2D eigenvalue weighted by Gasteiger charge is 2.79. The molecule has 1 N–H and O–H groups in total. The van der Waals surface area contributed by atoms with Crippen molar-refractivity contribution in [1.82, 2.24) is 0 Å². The second-order valence-electron chi connectivity index (χ2n) is 11.5. The monoisotopic (exact) mass is 466 g/mol. The zero-order valence-corrected chi connectivity index (χ0v) is 20.1. The lowest BCUT2D eigenvalue weighted by Crippen LogP contribution is -2.70. The molecule has 6 unspecified atom stereocenters. The van der Waals surface area contributed by atoms with Crippen LogP contribution in [0.15, 0.2) is 11.4 Å². The van der Waals surface area contributed by atoms with Gasteiger partial charge in [0, 0.05) is 42.4 Å². The van der Waals surface area contributed by atoms with Crippen LogP contribution in [0.5, 0.6) is 0 Å². The number of halogens is 2. The van der Waals surface area contributed by atoms with Crippen LogP contribution in [0.3, 0.4) is 0 Å². The Labute approximate surface area is 194 Å². The van der Waals surface area contributed by atoms with Crippen molar-refractivity contribution in [2.75, 3.05) is 0 Å². The molecule has 1 saturated heterocycles. The van der Waals surface area contributed by atoms with Gasteiger partial charge in [-0.1, -0.05) is 34.1 Å². The fourth-order valence-corrected chi connectivity index (χ4v) is 8.49. The van der Waals surface area contributed by atoms with Crippen molar-refractivity contribution in [3.8, 4) is 0 Å². The molecule has 5 aliphatic rings. The molecular weight excluding hydrogens is 430 g/mol. The molecule has 0 aromatic rings. The number of ketones is 2. The van der Waals surface area contributed by atoms with Gasteiger partial charge in [-0.3, -0.25) is 9.59 Å². The molecule has 9 atom stereocenters. The molecule has 7 heteroatoms. The van der Waals surface area contributed by atoms with Gasteiger partial charge in [-0.2, -0.15) is 0 Å². The maximum Gasteiger partial charge on any atom is 0.167 e. The van der Waals surface area contributed by atoms with Crippen LogP contribution in [0.1, 0.15) is 85.5 Å². The lowest BCUT2D eigenvalue weighted by Gasteiger charge is -2.63. The molecule has 1 heterocycles. The van der Waals surface area contributed by atoms with Crippen LogP contribution in [-0.2, 0) is 19.1 Å². The Morgan fingerprint density at radius 1 is 1.24 bits per heavy atom. The zero-order valence-electron chi connectivity index (χ0n) is 20.1. The number of fused-ring (bicyclic) bond motifs is 7. The molecule has 184 valence electrons. The summed E-state index contributed by atoms with van der Waals surface area (Å²) in [7, 11) is 0. The van der Waals surface area contributed by atoms with Crippen molar-refractivity contribution in [3.63, 3.8) is 0 Å². The SMILES string of the molecule is CCCC1OC2CC3C4CC(F)=C5CC(=O)CC[C@]5(C)C4(F)C(O)C[C@]3(C)[C@]2(C(=O)CC)O1. The fraction of sp³-hybridized carbons (Fsp3) is 0.846. The highest BCUT2D eigenvalue weighted by atomic mass is 19.1. The number of Topliss-reactive ketones (excluding diaryl/α,β-unsaturated/α-hetero) is 2. The molecule has 33 heavy (non-hydrogen) atoms. The van der Waals surface area contributed by atoms with Crippen LogP contribution in [0.25, 0.3) is 0 Å². The summed E-state index contributed by atoms with van der Waals surface area (Å²) in [5, 5.41) is 11.5. The van der Waals surface area contributed by atoms with Gasteiger partial charge in [-0.25, -0.2) is 8.78 Å². The normalized spacial score (nSPS) is 51.1. The van der Waals surface area contributed by atoms with E-state index in [1.807, 2.05) is 13.8 Å². The van der Waals surface area contributed by atoms with Gasteiger partial charge in [0.1, 0.15) is 17.3 Å². The highest BCUT2D eigenvalue weighted by molar-refractivity contribution is 5.90. The lowest BCUT2D eigenvalue weighted by atomic mass is 9.44. The molecule has 5 rings (SSSR count). The Kier molecular flexibility index (Phi) is 5.29. The number of ether oxygens (including phenoxy) is 2. The number of carbonyl (C=O) groups is 2. The summed E-state index contributed by atoms with van der Waals surface area (Å²) < 4.78 is 45.5. The third-order valence-electron chi connectivity index (χ3n) is 10.1. The number of carbonyl (C=O) groups excluding carboxylic acids is 2. The van der Waals surface area contributed by atoms with Crippen molar-refractivity contribution in [2.45, 2.75) is 115 Å². The first-order valence-corrected chi connectivity index (χ1v) is 12.6. The summed E-state index contributed by atoms with van der Waals surface area (Å²) >= 11 is 0. The van der Waals surface area contributed by atoms with E-state index in [9.17, 15) is 14.7 Å². The number of aliphatic hydroxyl groups excluding tert-OH is 1. The molecular formula is C26H36F2O5. The first-order valence-electron chi connectivity index (χ1n) is 12.6. The van der Waals surface area contributed by atoms with E-state index in [2.05, 4.69) is 0 Å². The average molecular weight is 467 g/mol. The number of hydrogen-bond acceptors (Lipinski definition) is 5. The molecule has 5 nitrogen and oxygen atoms in total. The Bertz CT molecular complexity index is 918. The highest BCUT2D eigenvalue weighted by Crippen LogP contribution is 2.72. The average Bonchev–Trinajstić information content (AvgIpc) is 3.24. The second-order valence-corrected chi connectivity index (χ2v) is 11.5. The molecule has 0 radical (unpaired) electrons. The molecule has 0 aromatic carbocycles. The van der Waals surface area contributed by atoms with Crippen LogP contribution in [0.2, 0.25) is 0 Å². The smallest absolute Gasteiger partial charge is 0.167 e. The first-order chi connectivity index (χ1) is 15.5. The Hall–Kier alpha value is -1.18. The number of rotatable bonds is 4. The molecule has 4 aliphatic carbocycles. The second kappa shape index (κ2) is 7.41. The molecule has 0 aromatic heterocycles. The summed E-state index contributed by atoms with van der Waals surface area (Å²) in [6, 6.07) is 0. The summed E-state index contributed by atoms with van der Waals surface area (Å²) in [6.45, 7) is 7.40. The van der Waals surface area contributed by atoms with E-state index in [0.717, 1.165) is 6.42 Å². The minimum Gasteiger partial charge on any atom is -0.390 e. The van der Waals surface area contributed by atoms with E-state index in [0.29, 0.717) is 12.8 Å². The van der Waals surface area contributed by atoms with E-state index in [4.69, 9.17) is 9.47 Å². The molecule has 4 fully saturated rings. The summed E-state index contributed by atoms with van der Waals surface area (Å²) in [5.74, 6) is -1.77. The predicted molar refractivity (Wildman–Crippen MR) is 117 cm³/mol.